The average Bonchev–Trinajstić information content (AvgIpc) is 3.44. The summed E-state index contributed by atoms with van der Waals surface area (Å²) in [4.78, 5) is 8.81. The highest BCUT2D eigenvalue weighted by atomic mass is 16.5. The molecule has 2 atom stereocenters. The maximum Gasteiger partial charge on any atom is 0.158 e. The number of ether oxygens (including phenoxy) is 1. The predicted octanol–water partition coefficient (Wildman–Crippen LogP) is 3.42. The van der Waals surface area contributed by atoms with Crippen molar-refractivity contribution in [3.05, 3.63) is 48.8 Å². The van der Waals surface area contributed by atoms with Gasteiger partial charge in [-0.15, -0.1) is 0 Å². The van der Waals surface area contributed by atoms with Crippen molar-refractivity contribution >= 4 is 17.0 Å². The molecule has 1 N–H and O–H groups in total. The van der Waals surface area contributed by atoms with Crippen LogP contribution in [0.25, 0.3) is 11.2 Å². The molecule has 4 rings (SSSR count). The van der Waals surface area contributed by atoms with Gasteiger partial charge < -0.3 is 14.5 Å². The van der Waals surface area contributed by atoms with Crippen LogP contribution in [0.15, 0.2) is 43.2 Å². The molecule has 4 heterocycles. The first-order valence-electron chi connectivity index (χ1n) is 11.4. The highest BCUT2D eigenvalue weighted by Crippen LogP contribution is 2.25. The third-order valence-corrected chi connectivity index (χ3v) is 6.70. The smallest absolute Gasteiger partial charge is 0.158 e. The highest BCUT2D eigenvalue weighted by molar-refractivity contribution is 5.72. The second-order valence-corrected chi connectivity index (χ2v) is 8.37. The Hall–Kier alpha value is -3.20. The van der Waals surface area contributed by atoms with Gasteiger partial charge in [-0.2, -0.15) is 10.2 Å². The zero-order valence-corrected chi connectivity index (χ0v) is 19.6. The van der Waals surface area contributed by atoms with Crippen molar-refractivity contribution in [2.75, 3.05) is 25.0 Å². The van der Waals surface area contributed by atoms with Gasteiger partial charge in [-0.25, -0.2) is 19.0 Å². The number of pyridine rings is 1. The van der Waals surface area contributed by atoms with Crippen LogP contribution in [0.1, 0.15) is 40.2 Å². The molecular formula is C23H33N8O+. The number of aromatic nitrogens is 6. The van der Waals surface area contributed by atoms with Crippen molar-refractivity contribution in [3.8, 4) is 5.75 Å². The van der Waals surface area contributed by atoms with Gasteiger partial charge in [0.15, 0.2) is 11.5 Å². The number of rotatable bonds is 10. The predicted molar refractivity (Wildman–Crippen MR) is 125 cm³/mol. The molecule has 0 aliphatic carbocycles. The van der Waals surface area contributed by atoms with Crippen LogP contribution >= 0.6 is 0 Å². The van der Waals surface area contributed by atoms with Crippen molar-refractivity contribution in [2.24, 2.45) is 0 Å². The first-order chi connectivity index (χ1) is 15.5. The second-order valence-electron chi connectivity index (χ2n) is 8.37. The molecule has 0 aliphatic rings. The van der Waals surface area contributed by atoms with Crippen LogP contribution < -0.4 is 10.1 Å². The summed E-state index contributed by atoms with van der Waals surface area (Å²) < 4.78 is 10.9. The van der Waals surface area contributed by atoms with E-state index in [2.05, 4.69) is 66.2 Å². The summed E-state index contributed by atoms with van der Waals surface area (Å²) in [6.45, 7) is 15.2. The Bertz CT molecular complexity index is 1170. The molecule has 1 unspecified atom stereocenters. The topological polar surface area (TPSA) is 81.6 Å². The van der Waals surface area contributed by atoms with Gasteiger partial charge in [-0.1, -0.05) is 0 Å². The van der Waals surface area contributed by atoms with Crippen LogP contribution in [0.4, 0.5) is 5.82 Å². The molecule has 0 aliphatic heterocycles. The zero-order valence-electron chi connectivity index (χ0n) is 19.6. The van der Waals surface area contributed by atoms with E-state index < -0.39 is 0 Å². The number of nitrogens with zero attached hydrogens (tertiary/aromatic N) is 7. The van der Waals surface area contributed by atoms with Gasteiger partial charge in [-0.3, -0.25) is 0 Å². The second kappa shape index (κ2) is 9.12. The fraction of sp³-hybridized carbons (Fsp3) is 0.478. The quantitative estimate of drug-likeness (QED) is 0.383. The lowest BCUT2D eigenvalue weighted by atomic mass is 10.2. The molecule has 0 radical (unpaired) electrons. The van der Waals surface area contributed by atoms with Crippen LogP contribution in [-0.2, 0) is 6.54 Å². The minimum absolute atomic E-state index is 0.0216. The van der Waals surface area contributed by atoms with Gasteiger partial charge in [-0.05, 0) is 46.8 Å². The molecule has 9 heteroatoms. The van der Waals surface area contributed by atoms with Crippen molar-refractivity contribution in [2.45, 2.75) is 53.3 Å². The molecule has 4 aromatic heterocycles. The van der Waals surface area contributed by atoms with Gasteiger partial charge in [0.1, 0.15) is 36.6 Å². The minimum Gasteiger partial charge on any atom is -0.488 e. The van der Waals surface area contributed by atoms with Crippen molar-refractivity contribution in [1.82, 2.24) is 29.2 Å². The summed E-state index contributed by atoms with van der Waals surface area (Å²) in [5.74, 6) is 1.59. The Morgan fingerprint density at radius 3 is 2.41 bits per heavy atom. The van der Waals surface area contributed by atoms with E-state index in [0.29, 0.717) is 0 Å². The van der Waals surface area contributed by atoms with Crippen molar-refractivity contribution in [1.29, 1.82) is 0 Å². The zero-order chi connectivity index (χ0) is 22.7. The third-order valence-electron chi connectivity index (χ3n) is 6.70. The van der Waals surface area contributed by atoms with E-state index in [0.717, 1.165) is 53.4 Å². The van der Waals surface area contributed by atoms with Crippen LogP contribution in [0.2, 0.25) is 0 Å². The Morgan fingerprint density at radius 1 is 0.969 bits per heavy atom. The fourth-order valence-corrected chi connectivity index (χ4v) is 4.14. The largest absolute Gasteiger partial charge is 0.488 e. The number of quaternary nitrogens is 1. The molecule has 0 saturated carbocycles. The molecule has 0 fully saturated rings. The number of anilines is 1. The lowest BCUT2D eigenvalue weighted by Crippen LogP contribution is -2.46. The van der Waals surface area contributed by atoms with Crippen LogP contribution in [0, 0.1) is 0 Å². The molecule has 0 spiro atoms. The Kier molecular flexibility index (Phi) is 6.27. The Morgan fingerprint density at radius 2 is 1.66 bits per heavy atom. The minimum atomic E-state index is -0.0920. The summed E-state index contributed by atoms with van der Waals surface area (Å²) in [6.07, 6.45) is 6.91. The summed E-state index contributed by atoms with van der Waals surface area (Å²) in [6, 6.07) is 5.98. The molecule has 170 valence electrons. The molecular weight excluding hydrogens is 404 g/mol. The summed E-state index contributed by atoms with van der Waals surface area (Å²) >= 11 is 0. The number of hydrogen-bond donors (Lipinski definition) is 1. The van der Waals surface area contributed by atoms with Gasteiger partial charge in [0.05, 0.1) is 25.7 Å². The molecule has 0 saturated heterocycles. The molecule has 4 aromatic rings. The van der Waals surface area contributed by atoms with E-state index in [1.165, 1.54) is 11.9 Å². The van der Waals surface area contributed by atoms with E-state index in [4.69, 9.17) is 4.74 Å². The fourth-order valence-electron chi connectivity index (χ4n) is 4.14. The summed E-state index contributed by atoms with van der Waals surface area (Å²) in [5.41, 5.74) is 3.06. The number of hydrogen-bond acceptors (Lipinski definition) is 6. The van der Waals surface area contributed by atoms with E-state index in [1.807, 2.05) is 29.0 Å². The van der Waals surface area contributed by atoms with Crippen LogP contribution in [-0.4, -0.2) is 65.5 Å². The molecule has 9 nitrogen and oxygen atoms in total. The molecule has 0 bridgehead atoms. The highest BCUT2D eigenvalue weighted by Gasteiger charge is 2.25. The maximum absolute atomic E-state index is 6.19. The standard InChI is InChI=1S/C23H33N8O/c1-6-31(7-2,8-3)14-19-9-11-30-22(19)23(25-16-27-30)28-17(4)18(5)32-20-10-12-29-21(13-20)24-15-26-29/h9-13,15-18H,6-8,14H2,1-5H3,(H,25,27,28)/q+1/t17?,18-/m1/s1. The summed E-state index contributed by atoms with van der Waals surface area (Å²) in [7, 11) is 0. The number of nitrogens with one attached hydrogen (secondary N) is 1. The van der Waals surface area contributed by atoms with Gasteiger partial charge in [0.2, 0.25) is 0 Å². The van der Waals surface area contributed by atoms with E-state index >= 15 is 0 Å². The van der Waals surface area contributed by atoms with Gasteiger partial charge in [0.25, 0.3) is 0 Å². The first kappa shape index (κ1) is 22.0. The lowest BCUT2D eigenvalue weighted by molar-refractivity contribution is -0.936. The summed E-state index contributed by atoms with van der Waals surface area (Å²) in [5, 5.41) is 12.1. The SMILES string of the molecule is CC[N+](CC)(CC)Cc1ccn2ncnc(NC(C)[C@@H](C)Oc3ccn4ncnc4c3)c12. The van der Waals surface area contributed by atoms with Crippen LogP contribution in [0.5, 0.6) is 5.75 Å². The average molecular weight is 438 g/mol. The van der Waals surface area contributed by atoms with E-state index in [-0.39, 0.29) is 12.1 Å². The third kappa shape index (κ3) is 4.25. The Balaban J connectivity index is 1.54. The van der Waals surface area contributed by atoms with Crippen molar-refractivity contribution < 1.29 is 9.22 Å². The molecule has 0 aromatic carbocycles. The molecule has 32 heavy (non-hydrogen) atoms. The first-order valence-corrected chi connectivity index (χ1v) is 11.4. The van der Waals surface area contributed by atoms with E-state index in [9.17, 15) is 0 Å². The lowest BCUT2D eigenvalue weighted by Gasteiger charge is -2.35. The monoisotopic (exact) mass is 437 g/mol. The normalized spacial score (nSPS) is 14.0. The molecule has 0 amide bonds. The van der Waals surface area contributed by atoms with E-state index in [1.54, 1.807) is 10.8 Å². The number of fused-ring (bicyclic) bond motifs is 2. The Labute approximate surface area is 188 Å². The van der Waals surface area contributed by atoms with Gasteiger partial charge in [0, 0.05) is 24.0 Å². The van der Waals surface area contributed by atoms with Crippen LogP contribution in [0.3, 0.4) is 0 Å². The maximum atomic E-state index is 6.19. The van der Waals surface area contributed by atoms with Crippen molar-refractivity contribution in [3.63, 3.8) is 0 Å². The van der Waals surface area contributed by atoms with Gasteiger partial charge >= 0.3 is 0 Å².